The van der Waals surface area contributed by atoms with E-state index in [1.165, 1.54) is 32.5 Å². The van der Waals surface area contributed by atoms with Crippen LogP contribution in [0.25, 0.3) is 0 Å². The molecule has 0 aromatic rings. The van der Waals surface area contributed by atoms with Crippen LogP contribution in [0.3, 0.4) is 0 Å². The van der Waals surface area contributed by atoms with Crippen molar-refractivity contribution in [1.82, 2.24) is 10.2 Å². The van der Waals surface area contributed by atoms with Crippen LogP contribution in [0.4, 0.5) is 0 Å². The molecule has 2 heteroatoms. The fourth-order valence-electron chi connectivity index (χ4n) is 1.45. The monoisotopic (exact) mass is 172 g/mol. The Labute approximate surface area is 77.3 Å². The summed E-state index contributed by atoms with van der Waals surface area (Å²) in [5.41, 5.74) is 0. The van der Waals surface area contributed by atoms with Crippen LogP contribution < -0.4 is 5.32 Å². The molecule has 1 aliphatic heterocycles. The number of nitrogens with one attached hydrogen (secondary N) is 1. The fourth-order valence-corrected chi connectivity index (χ4v) is 1.45. The molecule has 1 fully saturated rings. The van der Waals surface area contributed by atoms with Gasteiger partial charge < -0.3 is 10.2 Å². The molecule has 0 aromatic heterocycles. The van der Waals surface area contributed by atoms with Gasteiger partial charge in [-0.15, -0.1) is 0 Å². The number of nitrogens with zero attached hydrogens (tertiary/aromatic N) is 1. The van der Waals surface area contributed by atoms with Crippen LogP contribution in [-0.2, 0) is 0 Å². The van der Waals surface area contributed by atoms with Gasteiger partial charge in [0.25, 0.3) is 0 Å². The van der Waals surface area contributed by atoms with E-state index < -0.39 is 0 Å². The molecule has 1 atom stereocenters. The molecular weight excluding hydrogens is 148 g/mol. The summed E-state index contributed by atoms with van der Waals surface area (Å²) in [5.74, 6) is 0. The Bertz CT molecular complexity index is 93.8. The van der Waals surface area contributed by atoms with Crippen LogP contribution in [0.1, 0.15) is 33.6 Å². The second-order valence-corrected chi connectivity index (χ2v) is 3.20. The first-order valence-corrected chi connectivity index (χ1v) is 5.25. The van der Waals surface area contributed by atoms with Crippen molar-refractivity contribution in [1.29, 1.82) is 0 Å². The normalized spacial score (nSPS) is 23.5. The molecule has 1 unspecified atom stereocenters. The van der Waals surface area contributed by atoms with Crippen molar-refractivity contribution in [2.24, 2.45) is 0 Å². The van der Waals surface area contributed by atoms with Crippen molar-refractivity contribution >= 4 is 0 Å². The topological polar surface area (TPSA) is 15.3 Å². The van der Waals surface area contributed by atoms with E-state index in [1.807, 2.05) is 13.8 Å². The molecule has 0 bridgehead atoms. The first-order chi connectivity index (χ1) is 5.83. The molecule has 1 heterocycles. The van der Waals surface area contributed by atoms with Gasteiger partial charge in [0, 0.05) is 12.6 Å². The van der Waals surface area contributed by atoms with Gasteiger partial charge in [0.2, 0.25) is 0 Å². The molecule has 2 nitrogen and oxygen atoms in total. The maximum Gasteiger partial charge on any atom is 0.0207 e. The molecule has 1 rings (SSSR count). The first kappa shape index (κ1) is 11.9. The SMILES string of the molecule is CC.CCCNC1CCN(C)C1. The van der Waals surface area contributed by atoms with Gasteiger partial charge in [-0.25, -0.2) is 0 Å². The molecule has 0 aromatic carbocycles. The maximum atomic E-state index is 3.52. The highest BCUT2D eigenvalue weighted by atomic mass is 15.2. The van der Waals surface area contributed by atoms with Crippen molar-refractivity contribution in [2.75, 3.05) is 26.7 Å². The summed E-state index contributed by atoms with van der Waals surface area (Å²) in [4.78, 5) is 2.38. The van der Waals surface area contributed by atoms with E-state index in [0.717, 1.165) is 6.04 Å². The standard InChI is InChI=1S/C8H18N2.C2H6/c1-3-5-9-8-4-6-10(2)7-8;1-2/h8-9H,3-7H2,1-2H3;1-2H3. The number of likely N-dealkylation sites (tertiary alicyclic amines) is 1. The predicted molar refractivity (Wildman–Crippen MR) is 55.5 cm³/mol. The quantitative estimate of drug-likeness (QED) is 0.697. The van der Waals surface area contributed by atoms with Gasteiger partial charge in [0.05, 0.1) is 0 Å². The highest BCUT2D eigenvalue weighted by Gasteiger charge is 2.17. The second-order valence-electron chi connectivity index (χ2n) is 3.20. The van der Waals surface area contributed by atoms with Crippen LogP contribution >= 0.6 is 0 Å². The molecule has 12 heavy (non-hydrogen) atoms. The zero-order chi connectivity index (χ0) is 9.40. The summed E-state index contributed by atoms with van der Waals surface area (Å²) in [6, 6.07) is 0.768. The third kappa shape index (κ3) is 4.73. The molecule has 0 saturated carbocycles. The average molecular weight is 172 g/mol. The van der Waals surface area contributed by atoms with Gasteiger partial charge in [-0.2, -0.15) is 0 Å². The highest BCUT2D eigenvalue weighted by Crippen LogP contribution is 2.05. The summed E-state index contributed by atoms with van der Waals surface area (Å²) in [5, 5.41) is 3.52. The maximum absolute atomic E-state index is 3.52. The Morgan fingerprint density at radius 3 is 2.50 bits per heavy atom. The molecule has 0 amide bonds. The summed E-state index contributed by atoms with van der Waals surface area (Å²) < 4.78 is 0. The van der Waals surface area contributed by atoms with E-state index in [2.05, 4.69) is 24.2 Å². The van der Waals surface area contributed by atoms with Crippen molar-refractivity contribution < 1.29 is 0 Å². The molecule has 1 aliphatic rings. The van der Waals surface area contributed by atoms with E-state index in [0.29, 0.717) is 0 Å². The minimum absolute atomic E-state index is 0.768. The Kier molecular flexibility index (Phi) is 7.51. The average Bonchev–Trinajstić information content (AvgIpc) is 2.51. The lowest BCUT2D eigenvalue weighted by atomic mass is 10.2. The Morgan fingerprint density at radius 1 is 1.42 bits per heavy atom. The summed E-state index contributed by atoms with van der Waals surface area (Å²) in [6.45, 7) is 9.89. The molecular formula is C10H24N2. The van der Waals surface area contributed by atoms with Crippen molar-refractivity contribution in [3.63, 3.8) is 0 Å². The minimum atomic E-state index is 0.768. The number of likely N-dealkylation sites (N-methyl/N-ethyl adjacent to an activating group) is 1. The van der Waals surface area contributed by atoms with Crippen LogP contribution in [0.15, 0.2) is 0 Å². The molecule has 1 N–H and O–H groups in total. The van der Waals surface area contributed by atoms with Crippen LogP contribution in [-0.4, -0.2) is 37.6 Å². The van der Waals surface area contributed by atoms with Gasteiger partial charge >= 0.3 is 0 Å². The van der Waals surface area contributed by atoms with Gasteiger partial charge in [-0.3, -0.25) is 0 Å². The molecule has 0 spiro atoms. The van der Waals surface area contributed by atoms with E-state index >= 15 is 0 Å². The number of hydrogen-bond donors (Lipinski definition) is 1. The zero-order valence-corrected chi connectivity index (χ0v) is 9.06. The number of rotatable bonds is 3. The predicted octanol–water partition coefficient (Wildman–Crippen LogP) is 1.72. The van der Waals surface area contributed by atoms with Crippen LogP contribution in [0, 0.1) is 0 Å². The van der Waals surface area contributed by atoms with Gasteiger partial charge in [-0.1, -0.05) is 20.8 Å². The van der Waals surface area contributed by atoms with Gasteiger partial charge in [0.1, 0.15) is 0 Å². The van der Waals surface area contributed by atoms with E-state index in [-0.39, 0.29) is 0 Å². The van der Waals surface area contributed by atoms with E-state index in [1.54, 1.807) is 0 Å². The molecule has 1 saturated heterocycles. The first-order valence-electron chi connectivity index (χ1n) is 5.25. The summed E-state index contributed by atoms with van der Waals surface area (Å²) in [6.07, 6.45) is 2.58. The Balaban J connectivity index is 0.000000561. The van der Waals surface area contributed by atoms with Crippen molar-refractivity contribution in [3.05, 3.63) is 0 Å². The fraction of sp³-hybridized carbons (Fsp3) is 1.00. The number of hydrogen-bond acceptors (Lipinski definition) is 2. The van der Waals surface area contributed by atoms with Crippen molar-refractivity contribution in [2.45, 2.75) is 39.7 Å². The third-order valence-electron chi connectivity index (χ3n) is 2.07. The van der Waals surface area contributed by atoms with Gasteiger partial charge in [0.15, 0.2) is 0 Å². The zero-order valence-electron chi connectivity index (χ0n) is 9.06. The second kappa shape index (κ2) is 7.56. The van der Waals surface area contributed by atoms with Crippen molar-refractivity contribution in [3.8, 4) is 0 Å². The smallest absolute Gasteiger partial charge is 0.0207 e. The largest absolute Gasteiger partial charge is 0.313 e. The molecule has 74 valence electrons. The van der Waals surface area contributed by atoms with Gasteiger partial charge in [-0.05, 0) is 33.0 Å². The van der Waals surface area contributed by atoms with E-state index in [4.69, 9.17) is 0 Å². The molecule has 0 radical (unpaired) electrons. The van der Waals surface area contributed by atoms with Crippen LogP contribution in [0.5, 0.6) is 0 Å². The highest BCUT2D eigenvalue weighted by molar-refractivity contribution is 4.78. The summed E-state index contributed by atoms with van der Waals surface area (Å²) >= 11 is 0. The third-order valence-corrected chi connectivity index (χ3v) is 2.07. The lowest BCUT2D eigenvalue weighted by Gasteiger charge is -2.10. The lowest BCUT2D eigenvalue weighted by Crippen LogP contribution is -2.31. The lowest BCUT2D eigenvalue weighted by molar-refractivity contribution is 0.398. The Hall–Kier alpha value is -0.0800. The Morgan fingerprint density at radius 2 is 2.08 bits per heavy atom. The van der Waals surface area contributed by atoms with Crippen LogP contribution in [0.2, 0.25) is 0 Å². The summed E-state index contributed by atoms with van der Waals surface area (Å²) in [7, 11) is 2.19. The van der Waals surface area contributed by atoms with E-state index in [9.17, 15) is 0 Å². The molecule has 0 aliphatic carbocycles. The minimum Gasteiger partial charge on any atom is -0.313 e.